The summed E-state index contributed by atoms with van der Waals surface area (Å²) in [4.78, 5) is 13.0. The average molecular weight is 339 g/mol. The first-order chi connectivity index (χ1) is 12.1. The van der Waals surface area contributed by atoms with Gasteiger partial charge in [0.25, 0.3) is 5.91 Å². The van der Waals surface area contributed by atoms with Crippen molar-refractivity contribution in [3.05, 3.63) is 52.8 Å². The molecular formula is C20H25N3O2. The zero-order valence-corrected chi connectivity index (χ0v) is 14.8. The molecule has 25 heavy (non-hydrogen) atoms. The molecule has 0 aliphatic heterocycles. The van der Waals surface area contributed by atoms with Gasteiger partial charge in [-0.3, -0.25) is 9.48 Å². The highest BCUT2D eigenvalue weighted by atomic mass is 16.3. The third-order valence-corrected chi connectivity index (χ3v) is 5.54. The summed E-state index contributed by atoms with van der Waals surface area (Å²) in [6, 6.07) is 7.86. The maximum absolute atomic E-state index is 13.0. The maximum atomic E-state index is 13.0. The van der Waals surface area contributed by atoms with Crippen LogP contribution in [0.4, 0.5) is 0 Å². The van der Waals surface area contributed by atoms with Crippen LogP contribution in [-0.4, -0.2) is 26.9 Å². The molecule has 0 radical (unpaired) electrons. The van der Waals surface area contributed by atoms with Crippen molar-refractivity contribution in [1.29, 1.82) is 0 Å². The number of carbonyl (C=O) groups excluding carboxylic acids is 1. The van der Waals surface area contributed by atoms with Gasteiger partial charge in [0, 0.05) is 18.4 Å². The number of aliphatic hydroxyl groups is 1. The second-order valence-corrected chi connectivity index (χ2v) is 7.34. The fourth-order valence-corrected chi connectivity index (χ4v) is 3.80. The first kappa shape index (κ1) is 16.3. The van der Waals surface area contributed by atoms with E-state index in [0.717, 1.165) is 36.1 Å². The highest BCUT2D eigenvalue weighted by Crippen LogP contribution is 2.43. The Kier molecular flexibility index (Phi) is 4.12. The van der Waals surface area contributed by atoms with E-state index in [1.54, 1.807) is 6.20 Å². The predicted octanol–water partition coefficient (Wildman–Crippen LogP) is 3.12. The molecule has 1 fully saturated rings. The second-order valence-electron chi connectivity index (χ2n) is 7.34. The van der Waals surface area contributed by atoms with Crippen molar-refractivity contribution in [2.75, 3.05) is 0 Å². The Bertz CT molecular complexity index is 794. The normalized spacial score (nSPS) is 23.3. The van der Waals surface area contributed by atoms with Crippen molar-refractivity contribution < 1.29 is 9.90 Å². The first-order valence-corrected chi connectivity index (χ1v) is 9.24. The van der Waals surface area contributed by atoms with Gasteiger partial charge in [-0.2, -0.15) is 5.10 Å². The maximum Gasteiger partial charge on any atom is 0.255 e. The molecule has 0 spiro atoms. The molecule has 1 aromatic carbocycles. The molecular weight excluding hydrogens is 314 g/mol. The Morgan fingerprint density at radius 1 is 1.40 bits per heavy atom. The highest BCUT2D eigenvalue weighted by molar-refractivity contribution is 5.95. The summed E-state index contributed by atoms with van der Waals surface area (Å²) < 4.78 is 2.02. The molecule has 3 atom stereocenters. The molecule has 4 rings (SSSR count). The van der Waals surface area contributed by atoms with E-state index in [2.05, 4.69) is 24.3 Å². The molecule has 2 N–H and O–H groups in total. The number of hydrogen-bond donors (Lipinski definition) is 2. The van der Waals surface area contributed by atoms with E-state index in [0.29, 0.717) is 17.9 Å². The number of nitrogens with one attached hydrogen (secondary N) is 1. The van der Waals surface area contributed by atoms with Gasteiger partial charge in [0.15, 0.2) is 0 Å². The molecule has 2 aromatic rings. The fourth-order valence-electron chi connectivity index (χ4n) is 3.80. The Morgan fingerprint density at radius 2 is 2.16 bits per heavy atom. The van der Waals surface area contributed by atoms with Crippen LogP contribution in [0.25, 0.3) is 0 Å². The molecule has 1 amide bonds. The van der Waals surface area contributed by atoms with Crippen LogP contribution in [-0.2, 0) is 6.42 Å². The lowest BCUT2D eigenvalue weighted by Crippen LogP contribution is -2.34. The molecule has 0 saturated heterocycles. The monoisotopic (exact) mass is 339 g/mol. The van der Waals surface area contributed by atoms with Crippen LogP contribution in [0.5, 0.6) is 0 Å². The van der Waals surface area contributed by atoms with E-state index in [1.165, 1.54) is 0 Å². The fraction of sp³-hybridized carbons (Fsp3) is 0.500. The van der Waals surface area contributed by atoms with Crippen LogP contribution in [0.1, 0.15) is 78.3 Å². The number of hydrogen-bond acceptors (Lipinski definition) is 3. The summed E-state index contributed by atoms with van der Waals surface area (Å²) in [5.74, 6) is 0.315. The van der Waals surface area contributed by atoms with Crippen molar-refractivity contribution in [1.82, 2.24) is 15.1 Å². The van der Waals surface area contributed by atoms with E-state index in [1.807, 2.05) is 28.9 Å². The van der Waals surface area contributed by atoms with Gasteiger partial charge in [0.2, 0.25) is 0 Å². The van der Waals surface area contributed by atoms with E-state index >= 15 is 0 Å². The third kappa shape index (κ3) is 2.86. The first-order valence-electron chi connectivity index (χ1n) is 9.24. The van der Waals surface area contributed by atoms with Crippen LogP contribution >= 0.6 is 0 Å². The number of amides is 1. The van der Waals surface area contributed by atoms with Gasteiger partial charge in [-0.1, -0.05) is 31.2 Å². The van der Waals surface area contributed by atoms with Crippen LogP contribution in [0, 0.1) is 0 Å². The average Bonchev–Trinajstić information content (AvgIpc) is 3.28. The number of carbonyl (C=O) groups is 1. The highest BCUT2D eigenvalue weighted by Gasteiger charge is 2.36. The van der Waals surface area contributed by atoms with E-state index in [-0.39, 0.29) is 18.0 Å². The van der Waals surface area contributed by atoms with Crippen molar-refractivity contribution >= 4 is 5.91 Å². The summed E-state index contributed by atoms with van der Waals surface area (Å²) in [5.41, 5.74) is 3.86. The van der Waals surface area contributed by atoms with Gasteiger partial charge in [0.1, 0.15) is 0 Å². The smallest absolute Gasteiger partial charge is 0.255 e. The lowest BCUT2D eigenvalue weighted by atomic mass is 10.1. The molecule has 2 aliphatic rings. The lowest BCUT2D eigenvalue weighted by molar-refractivity contribution is 0.0857. The van der Waals surface area contributed by atoms with Crippen LogP contribution in [0.3, 0.4) is 0 Å². The molecule has 1 unspecified atom stereocenters. The minimum absolute atomic E-state index is 0.128. The van der Waals surface area contributed by atoms with Crippen LogP contribution in [0.15, 0.2) is 30.5 Å². The molecule has 1 saturated carbocycles. The third-order valence-electron chi connectivity index (χ3n) is 5.54. The number of fused-ring (bicyclic) bond motifs is 1. The molecule has 1 heterocycles. The zero-order valence-electron chi connectivity index (χ0n) is 14.8. The van der Waals surface area contributed by atoms with Gasteiger partial charge >= 0.3 is 0 Å². The van der Waals surface area contributed by atoms with Crippen molar-refractivity contribution in [3.63, 3.8) is 0 Å². The van der Waals surface area contributed by atoms with Crippen molar-refractivity contribution in [2.45, 2.75) is 63.6 Å². The minimum atomic E-state index is -0.574. The van der Waals surface area contributed by atoms with Crippen molar-refractivity contribution in [2.24, 2.45) is 0 Å². The topological polar surface area (TPSA) is 67.2 Å². The number of aromatic nitrogens is 2. The summed E-state index contributed by atoms with van der Waals surface area (Å²) >= 11 is 0. The Hall–Kier alpha value is -2.14. The van der Waals surface area contributed by atoms with Crippen LogP contribution in [0.2, 0.25) is 0 Å². The van der Waals surface area contributed by atoms with Gasteiger partial charge in [0.05, 0.1) is 29.6 Å². The molecule has 2 aliphatic carbocycles. The minimum Gasteiger partial charge on any atom is -0.390 e. The number of nitrogens with zero attached hydrogens (tertiary/aromatic N) is 2. The summed E-state index contributed by atoms with van der Waals surface area (Å²) in [7, 11) is 0. The van der Waals surface area contributed by atoms with E-state index < -0.39 is 6.10 Å². The van der Waals surface area contributed by atoms with E-state index in [4.69, 9.17) is 0 Å². The summed E-state index contributed by atoms with van der Waals surface area (Å²) in [6.07, 6.45) is 4.94. The van der Waals surface area contributed by atoms with Gasteiger partial charge in [-0.25, -0.2) is 0 Å². The van der Waals surface area contributed by atoms with E-state index in [9.17, 15) is 9.90 Å². The van der Waals surface area contributed by atoms with Crippen LogP contribution < -0.4 is 5.32 Å². The van der Waals surface area contributed by atoms with Gasteiger partial charge < -0.3 is 10.4 Å². The molecule has 1 aromatic heterocycles. The zero-order chi connectivity index (χ0) is 17.6. The molecule has 0 bridgehead atoms. The largest absolute Gasteiger partial charge is 0.390 e. The Morgan fingerprint density at radius 3 is 2.88 bits per heavy atom. The molecule has 5 nitrogen and oxygen atoms in total. The SMILES string of the molecule is CCC(C)n1ncc(C(=O)N[C@H]2c3ccccc3C[C@H]2O)c1C1CC1. The standard InChI is InChI=1S/C20H25N3O2/c1-3-12(2)23-19(13-8-9-13)16(11-21-23)20(25)22-18-15-7-5-4-6-14(15)10-17(18)24/h4-7,11-13,17-18,24H,3,8-10H2,1-2H3,(H,22,25)/t12?,17-,18+/m1/s1. The molecule has 132 valence electrons. The Labute approximate surface area is 148 Å². The number of rotatable bonds is 5. The molecule has 5 heteroatoms. The van der Waals surface area contributed by atoms with Gasteiger partial charge in [-0.05, 0) is 37.3 Å². The van der Waals surface area contributed by atoms with Gasteiger partial charge in [-0.15, -0.1) is 0 Å². The van der Waals surface area contributed by atoms with Crippen molar-refractivity contribution in [3.8, 4) is 0 Å². The quantitative estimate of drug-likeness (QED) is 0.879. The lowest BCUT2D eigenvalue weighted by Gasteiger charge is -2.19. The predicted molar refractivity (Wildman–Crippen MR) is 95.6 cm³/mol. The summed E-state index contributed by atoms with van der Waals surface area (Å²) in [6.45, 7) is 4.27. The Balaban J connectivity index is 1.61. The second kappa shape index (κ2) is 6.30. The summed E-state index contributed by atoms with van der Waals surface area (Å²) in [5, 5.41) is 17.9. The number of aliphatic hydroxyl groups excluding tert-OH is 1. The number of benzene rings is 1.